The minimum absolute atomic E-state index is 0.0160. The van der Waals surface area contributed by atoms with Crippen LogP contribution >= 0.6 is 0 Å². The van der Waals surface area contributed by atoms with Crippen molar-refractivity contribution >= 4 is 32.5 Å². The Morgan fingerprint density at radius 3 is 2.56 bits per heavy atom. The monoisotopic (exact) mass is 457 g/mol. The molecule has 1 aromatic heterocycles. The van der Waals surface area contributed by atoms with E-state index in [0.717, 1.165) is 5.56 Å². The molecule has 0 aliphatic rings. The number of H-pyrrole nitrogens is 1. The zero-order valence-corrected chi connectivity index (χ0v) is 19.5. The second-order valence-corrected chi connectivity index (χ2v) is 9.88. The molecule has 0 aliphatic carbocycles. The number of carbonyl (C=O) groups excluding carboxylic acids is 1. The number of sulfonamides is 1. The van der Waals surface area contributed by atoms with Crippen molar-refractivity contribution in [2.45, 2.75) is 18.2 Å². The topological polar surface area (TPSA) is 104 Å². The normalized spacial score (nSPS) is 11.7. The second kappa shape index (κ2) is 9.54. The summed E-state index contributed by atoms with van der Waals surface area (Å²) in [6.07, 6.45) is 2.04. The van der Waals surface area contributed by atoms with Gasteiger partial charge in [0.05, 0.1) is 37.8 Å². The van der Waals surface area contributed by atoms with Crippen molar-refractivity contribution < 1.29 is 18.1 Å². The van der Waals surface area contributed by atoms with Gasteiger partial charge in [-0.1, -0.05) is 25.1 Å². The van der Waals surface area contributed by atoms with Gasteiger partial charge in [0.2, 0.25) is 5.43 Å². The van der Waals surface area contributed by atoms with Crippen LogP contribution in [-0.4, -0.2) is 53.5 Å². The molecule has 0 saturated heterocycles. The Balaban J connectivity index is 2.00. The van der Waals surface area contributed by atoms with E-state index in [-0.39, 0.29) is 15.8 Å². The van der Waals surface area contributed by atoms with Gasteiger partial charge in [-0.25, -0.2) is 8.42 Å². The van der Waals surface area contributed by atoms with Gasteiger partial charge in [0.1, 0.15) is 5.56 Å². The van der Waals surface area contributed by atoms with E-state index >= 15 is 0 Å². The molecule has 9 heteroatoms. The standard InChI is InChI=1S/C23H28N4O4S/c1-5-16-8-6-7-9-21(16)27(4)32(30,31)17-10-11-20-18(14-17)22(28)19(15-25-20)23(29)24-12-13-26(2)3/h6-11,14-15H,5,12-13H2,1-4H3,(H,24,29)(H,25,28)/p+1. The van der Waals surface area contributed by atoms with Crippen LogP contribution in [0.5, 0.6) is 0 Å². The number of fused-ring (bicyclic) bond motifs is 1. The van der Waals surface area contributed by atoms with Crippen molar-refractivity contribution in [2.24, 2.45) is 0 Å². The molecule has 170 valence electrons. The number of hydrogen-bond donors (Lipinski definition) is 3. The Morgan fingerprint density at radius 2 is 1.88 bits per heavy atom. The van der Waals surface area contributed by atoms with Crippen LogP contribution in [0.2, 0.25) is 0 Å². The number of pyridine rings is 1. The third-order valence-corrected chi connectivity index (χ3v) is 7.15. The number of amides is 1. The van der Waals surface area contributed by atoms with Crippen LogP contribution in [0, 0.1) is 0 Å². The van der Waals surface area contributed by atoms with E-state index in [1.54, 1.807) is 18.2 Å². The molecule has 3 N–H and O–H groups in total. The van der Waals surface area contributed by atoms with Crippen LogP contribution < -0.4 is 20.0 Å². The smallest absolute Gasteiger partial charge is 0.264 e. The second-order valence-electron chi connectivity index (χ2n) is 7.91. The van der Waals surface area contributed by atoms with Crippen molar-refractivity contribution in [3.8, 4) is 0 Å². The van der Waals surface area contributed by atoms with Gasteiger partial charge in [-0.2, -0.15) is 0 Å². The number of para-hydroxylation sites is 1. The van der Waals surface area contributed by atoms with Crippen molar-refractivity contribution in [3.05, 3.63) is 70.0 Å². The summed E-state index contributed by atoms with van der Waals surface area (Å²) < 4.78 is 27.8. The Labute approximate surface area is 187 Å². The number of carbonyl (C=O) groups is 1. The summed E-state index contributed by atoms with van der Waals surface area (Å²) >= 11 is 0. The minimum Gasteiger partial charge on any atom is -0.360 e. The highest BCUT2D eigenvalue weighted by Gasteiger charge is 2.24. The van der Waals surface area contributed by atoms with Crippen molar-refractivity contribution in [1.29, 1.82) is 0 Å². The Bertz CT molecular complexity index is 1300. The number of anilines is 1. The molecule has 0 bridgehead atoms. The first-order valence-electron chi connectivity index (χ1n) is 10.5. The molecule has 0 spiro atoms. The Kier molecular flexibility index (Phi) is 7.00. The molecule has 32 heavy (non-hydrogen) atoms. The molecule has 0 aliphatic heterocycles. The molecule has 0 unspecified atom stereocenters. The highest BCUT2D eigenvalue weighted by atomic mass is 32.2. The predicted molar refractivity (Wildman–Crippen MR) is 126 cm³/mol. The largest absolute Gasteiger partial charge is 0.360 e. The lowest BCUT2D eigenvalue weighted by Crippen LogP contribution is -3.06. The van der Waals surface area contributed by atoms with Crippen LogP contribution in [0.15, 0.2) is 58.4 Å². The van der Waals surface area contributed by atoms with Gasteiger partial charge in [-0.15, -0.1) is 0 Å². The SMILES string of the molecule is CCc1ccccc1N(C)S(=O)(=O)c1ccc2[nH]cc(C(=O)NCC[NH+](C)C)c(=O)c2c1. The first kappa shape index (κ1) is 23.5. The number of nitrogens with zero attached hydrogens (tertiary/aromatic N) is 1. The first-order valence-corrected chi connectivity index (χ1v) is 11.9. The number of likely N-dealkylation sites (N-methyl/N-ethyl adjacent to an activating group) is 1. The fourth-order valence-corrected chi connectivity index (χ4v) is 4.71. The molecule has 1 heterocycles. The maximum absolute atomic E-state index is 13.3. The summed E-state index contributed by atoms with van der Waals surface area (Å²) in [5, 5.41) is 2.87. The van der Waals surface area contributed by atoms with E-state index in [1.807, 2.05) is 33.2 Å². The number of quaternary nitrogens is 1. The van der Waals surface area contributed by atoms with Crippen LogP contribution in [0.1, 0.15) is 22.8 Å². The highest BCUT2D eigenvalue weighted by molar-refractivity contribution is 7.92. The van der Waals surface area contributed by atoms with Crippen molar-refractivity contribution in [2.75, 3.05) is 38.5 Å². The Hall–Kier alpha value is -3.17. The lowest BCUT2D eigenvalue weighted by atomic mass is 10.1. The highest BCUT2D eigenvalue weighted by Crippen LogP contribution is 2.27. The van der Waals surface area contributed by atoms with E-state index < -0.39 is 21.4 Å². The molecule has 8 nitrogen and oxygen atoms in total. The summed E-state index contributed by atoms with van der Waals surface area (Å²) in [4.78, 5) is 29.5. The summed E-state index contributed by atoms with van der Waals surface area (Å²) in [5.41, 5.74) is 1.38. The number of hydrogen-bond acceptors (Lipinski definition) is 4. The molecule has 0 fully saturated rings. The molecular weight excluding hydrogens is 428 g/mol. The van der Waals surface area contributed by atoms with E-state index in [1.165, 1.54) is 34.6 Å². The summed E-state index contributed by atoms with van der Waals surface area (Å²) in [6.45, 7) is 3.10. The summed E-state index contributed by atoms with van der Waals surface area (Å²) in [5.74, 6) is -0.489. The summed E-state index contributed by atoms with van der Waals surface area (Å²) in [6, 6.07) is 11.6. The molecule has 2 aromatic carbocycles. The van der Waals surface area contributed by atoms with E-state index in [4.69, 9.17) is 0 Å². The van der Waals surface area contributed by atoms with E-state index in [2.05, 4.69) is 10.3 Å². The van der Waals surface area contributed by atoms with Crippen LogP contribution in [-0.2, 0) is 16.4 Å². The molecule has 3 aromatic rings. The average Bonchev–Trinajstić information content (AvgIpc) is 2.78. The zero-order valence-electron chi connectivity index (χ0n) is 18.7. The van der Waals surface area contributed by atoms with Crippen LogP contribution in [0.4, 0.5) is 5.69 Å². The Morgan fingerprint density at radius 1 is 1.16 bits per heavy atom. The van der Waals surface area contributed by atoms with Gasteiger partial charge in [-0.05, 0) is 36.2 Å². The lowest BCUT2D eigenvalue weighted by Gasteiger charge is -2.22. The zero-order chi connectivity index (χ0) is 23.5. The van der Waals surface area contributed by atoms with Crippen molar-refractivity contribution in [3.63, 3.8) is 0 Å². The number of benzene rings is 2. The number of nitrogens with one attached hydrogen (secondary N) is 3. The number of aryl methyl sites for hydroxylation is 1. The third-order valence-electron chi connectivity index (χ3n) is 5.38. The lowest BCUT2D eigenvalue weighted by molar-refractivity contribution is -0.856. The molecule has 0 radical (unpaired) electrons. The molecule has 1 amide bonds. The van der Waals surface area contributed by atoms with Crippen molar-refractivity contribution in [1.82, 2.24) is 10.3 Å². The number of aromatic amines is 1. The fraction of sp³-hybridized carbons (Fsp3) is 0.304. The molecular formula is C23H29N4O4S+. The van der Waals surface area contributed by atoms with Gasteiger partial charge < -0.3 is 15.2 Å². The maximum Gasteiger partial charge on any atom is 0.264 e. The van der Waals surface area contributed by atoms with Gasteiger partial charge in [0, 0.05) is 24.1 Å². The first-order chi connectivity index (χ1) is 15.2. The van der Waals surface area contributed by atoms with Crippen LogP contribution in [0.3, 0.4) is 0 Å². The minimum atomic E-state index is -3.91. The van der Waals surface area contributed by atoms with Crippen LogP contribution in [0.25, 0.3) is 10.9 Å². The van der Waals surface area contributed by atoms with Gasteiger partial charge >= 0.3 is 0 Å². The fourth-order valence-electron chi connectivity index (χ4n) is 3.45. The number of aromatic nitrogens is 1. The number of rotatable bonds is 8. The van der Waals surface area contributed by atoms with Gasteiger partial charge in [0.15, 0.2) is 0 Å². The average molecular weight is 458 g/mol. The van der Waals surface area contributed by atoms with E-state index in [0.29, 0.717) is 30.7 Å². The maximum atomic E-state index is 13.3. The van der Waals surface area contributed by atoms with E-state index in [9.17, 15) is 18.0 Å². The quantitative estimate of drug-likeness (QED) is 0.465. The molecule has 0 saturated carbocycles. The predicted octanol–water partition coefficient (Wildman–Crippen LogP) is 0.790. The van der Waals surface area contributed by atoms with Gasteiger partial charge in [0.25, 0.3) is 15.9 Å². The molecule has 0 atom stereocenters. The molecule has 3 rings (SSSR count). The van der Waals surface area contributed by atoms with Gasteiger partial charge in [-0.3, -0.25) is 13.9 Å². The summed E-state index contributed by atoms with van der Waals surface area (Å²) in [7, 11) is 1.51. The third kappa shape index (κ3) is 4.68.